The zero-order valence-electron chi connectivity index (χ0n) is 14.7. The maximum atomic E-state index is 11.1. The summed E-state index contributed by atoms with van der Waals surface area (Å²) in [5.74, 6) is -1.26. The molecule has 0 spiro atoms. The van der Waals surface area contributed by atoms with Crippen LogP contribution < -0.4 is 0 Å². The molecule has 2 N–H and O–H groups in total. The predicted molar refractivity (Wildman–Crippen MR) is 130 cm³/mol. The Labute approximate surface area is 212 Å². The van der Waals surface area contributed by atoms with E-state index in [9.17, 15) is 9.59 Å². The molecule has 29 heavy (non-hydrogen) atoms. The minimum Gasteiger partial charge on any atom is -0.478 e. The van der Waals surface area contributed by atoms with Gasteiger partial charge in [-0.1, -0.05) is 63.7 Å². The molecule has 0 amide bonds. The van der Waals surface area contributed by atoms with Crippen molar-refractivity contribution in [2.75, 3.05) is 14.2 Å². The summed E-state index contributed by atoms with van der Waals surface area (Å²) < 4.78 is 16.8. The maximum absolute atomic E-state index is 11.1. The van der Waals surface area contributed by atoms with Crippen molar-refractivity contribution in [2.24, 2.45) is 0 Å². The van der Waals surface area contributed by atoms with Crippen molar-refractivity contribution in [2.45, 2.75) is 0 Å². The Balaban J connectivity index is 0. The molecule has 13 heteroatoms. The number of ether oxygens (including phenoxy) is 1. The minimum absolute atomic E-state index is 0.270. The number of hydrogen-bond donors (Lipinski definition) is 2. The Morgan fingerprint density at radius 3 is 1.34 bits per heavy atom. The molecule has 2 aromatic rings. The van der Waals surface area contributed by atoms with Gasteiger partial charge in [0.15, 0.2) is 0 Å². The number of aromatic carboxylic acids is 1. The largest absolute Gasteiger partial charge is 0.478 e. The van der Waals surface area contributed by atoms with Crippen LogP contribution >= 0.6 is 85.1 Å². The van der Waals surface area contributed by atoms with Crippen LogP contribution in [0.4, 0.5) is 0 Å². The van der Waals surface area contributed by atoms with E-state index in [2.05, 4.69) is 89.8 Å². The lowest BCUT2D eigenvalue weighted by Gasteiger charge is -2.00. The first-order valence-electron chi connectivity index (χ1n) is 6.89. The maximum Gasteiger partial charge on any atom is 0.337 e. The average molecular weight is 725 g/mol. The molecule has 0 aliphatic carbocycles. The van der Waals surface area contributed by atoms with Gasteiger partial charge in [0.25, 0.3) is 0 Å². The van der Waals surface area contributed by atoms with Crippen LogP contribution in [0, 0.1) is 0 Å². The molecule has 0 radical (unpaired) electrons. The summed E-state index contributed by atoms with van der Waals surface area (Å²) in [5.41, 5.74) is 0.796. The second-order valence-electron chi connectivity index (χ2n) is 4.30. The predicted octanol–water partition coefficient (Wildman–Crippen LogP) is 6.56. The number of aliphatic hydroxyl groups is 1. The monoisotopic (exact) mass is 720 g/mol. The van der Waals surface area contributed by atoms with Gasteiger partial charge in [0, 0.05) is 46.4 Å². The fourth-order valence-electron chi connectivity index (χ4n) is 1.47. The molecule has 0 saturated heterocycles. The Morgan fingerprint density at radius 2 is 1.10 bits per heavy atom. The van der Waals surface area contributed by atoms with Crippen molar-refractivity contribution in [3.05, 3.63) is 65.4 Å². The summed E-state index contributed by atoms with van der Waals surface area (Å²) in [5, 5.41) is 15.6. The van der Waals surface area contributed by atoms with Crippen LogP contribution in [-0.2, 0) is 14.0 Å². The molecule has 2 aromatic carbocycles. The van der Waals surface area contributed by atoms with E-state index in [0.717, 1.165) is 25.0 Å². The summed E-state index contributed by atoms with van der Waals surface area (Å²) in [4.78, 5) is 21.5. The fourth-order valence-corrected chi connectivity index (χ4v) is 4.05. The molecule has 0 bridgehead atoms. The molecular formula is C16H14Br4Cl2O6S. The van der Waals surface area contributed by atoms with Crippen molar-refractivity contribution in [1.82, 2.24) is 0 Å². The fraction of sp³-hybridized carbons (Fsp3) is 0.125. The molecule has 0 aromatic heterocycles. The van der Waals surface area contributed by atoms with Crippen LogP contribution in [-0.4, -0.2) is 40.6 Å². The molecule has 0 heterocycles. The highest BCUT2D eigenvalue weighted by molar-refractivity contribution is 9.11. The Hall–Kier alpha value is -0.0100. The zero-order valence-corrected chi connectivity index (χ0v) is 23.3. The summed E-state index contributed by atoms with van der Waals surface area (Å²) >= 11 is 12.9. The van der Waals surface area contributed by atoms with Crippen LogP contribution in [0.1, 0.15) is 20.7 Å². The van der Waals surface area contributed by atoms with Gasteiger partial charge in [-0.3, -0.25) is 0 Å². The lowest BCUT2D eigenvalue weighted by Crippen LogP contribution is -2.00. The summed E-state index contributed by atoms with van der Waals surface area (Å²) in [7, 11) is 9.72. The van der Waals surface area contributed by atoms with Gasteiger partial charge in [0.05, 0.1) is 18.2 Å². The van der Waals surface area contributed by atoms with Crippen molar-refractivity contribution in [3.8, 4) is 0 Å². The van der Waals surface area contributed by atoms with E-state index in [1.807, 2.05) is 6.07 Å². The molecule has 0 saturated carbocycles. The number of methoxy groups -OCH3 is 1. The van der Waals surface area contributed by atoms with Crippen molar-refractivity contribution in [3.63, 3.8) is 0 Å². The smallest absolute Gasteiger partial charge is 0.337 e. The van der Waals surface area contributed by atoms with Crippen molar-refractivity contribution >= 4 is 106 Å². The van der Waals surface area contributed by atoms with Gasteiger partial charge < -0.3 is 14.9 Å². The highest BCUT2D eigenvalue weighted by atomic mass is 79.9. The lowest BCUT2D eigenvalue weighted by molar-refractivity contribution is 0.0599. The normalized spacial score (nSPS) is 9.03. The van der Waals surface area contributed by atoms with E-state index >= 15 is 0 Å². The number of carbonyl (C=O) groups is 2. The van der Waals surface area contributed by atoms with E-state index in [1.165, 1.54) is 7.11 Å². The van der Waals surface area contributed by atoms with Gasteiger partial charge >= 0.3 is 11.9 Å². The van der Waals surface area contributed by atoms with E-state index in [0.29, 0.717) is 5.56 Å². The standard InChI is InChI=1S/C8H6Br2O2.C7H4Br2O2.CH4O.Cl2OS/c1-12-8(11)5-2-6(9)4-7(10)3-5;8-5-1-4(7(10)11)2-6(9)3-5;1-2;1-4(2)3/h2-4H,1H3;1-3H,(H,10,11);2H,1H3;. The second-order valence-corrected chi connectivity index (χ2v) is 10.5. The molecule has 2 rings (SSSR count). The van der Waals surface area contributed by atoms with Gasteiger partial charge in [-0.15, -0.1) is 0 Å². The van der Waals surface area contributed by atoms with Gasteiger partial charge in [-0.05, 0) is 36.4 Å². The molecule has 0 aliphatic heterocycles. The van der Waals surface area contributed by atoms with E-state index in [1.54, 1.807) is 30.3 Å². The Bertz CT molecular complexity index is 795. The van der Waals surface area contributed by atoms with E-state index < -0.39 is 15.2 Å². The molecule has 0 atom stereocenters. The van der Waals surface area contributed by atoms with Crippen LogP contribution in [0.2, 0.25) is 0 Å². The first-order chi connectivity index (χ1) is 13.5. The number of benzene rings is 2. The van der Waals surface area contributed by atoms with Crippen LogP contribution in [0.3, 0.4) is 0 Å². The number of carbonyl (C=O) groups excluding carboxylic acids is 1. The lowest BCUT2D eigenvalue weighted by atomic mass is 10.2. The highest BCUT2D eigenvalue weighted by Crippen LogP contribution is 2.21. The van der Waals surface area contributed by atoms with Gasteiger partial charge in [0.1, 0.15) is 0 Å². The number of carboxylic acid groups (broad SMARTS) is 1. The summed E-state index contributed by atoms with van der Waals surface area (Å²) in [6.45, 7) is 0. The topological polar surface area (TPSA) is 101 Å². The molecule has 6 nitrogen and oxygen atoms in total. The third-order valence-corrected chi connectivity index (χ3v) is 4.22. The van der Waals surface area contributed by atoms with Gasteiger partial charge in [0.2, 0.25) is 9.23 Å². The van der Waals surface area contributed by atoms with E-state index in [4.69, 9.17) is 14.4 Å². The highest BCUT2D eigenvalue weighted by Gasteiger charge is 2.06. The third-order valence-electron chi connectivity index (χ3n) is 2.39. The number of esters is 1. The quantitative estimate of drug-likeness (QED) is 0.269. The van der Waals surface area contributed by atoms with Gasteiger partial charge in [-0.25, -0.2) is 13.8 Å². The molecule has 0 fully saturated rings. The zero-order chi connectivity index (χ0) is 23.1. The number of halogens is 6. The first-order valence-corrected chi connectivity index (χ1v) is 12.9. The summed E-state index contributed by atoms with van der Waals surface area (Å²) in [6, 6.07) is 10.1. The number of hydrogen-bond acceptors (Lipinski definition) is 5. The number of rotatable bonds is 2. The molecule has 0 aliphatic rings. The average Bonchev–Trinajstić information content (AvgIpc) is 2.61. The van der Waals surface area contributed by atoms with Gasteiger partial charge in [-0.2, -0.15) is 0 Å². The Kier molecular flexibility index (Phi) is 19.0. The SMILES string of the molecule is CO.COC(=O)c1cc(Br)cc(Br)c1.O=C(O)c1cc(Br)cc(Br)c1.O=S(Cl)Cl. The summed E-state index contributed by atoms with van der Waals surface area (Å²) in [6.07, 6.45) is 0. The second kappa shape index (κ2) is 17.6. The molecule has 162 valence electrons. The number of aliphatic hydroxyl groups excluding tert-OH is 1. The van der Waals surface area contributed by atoms with Crippen LogP contribution in [0.25, 0.3) is 0 Å². The molecule has 0 unspecified atom stereocenters. The van der Waals surface area contributed by atoms with E-state index in [-0.39, 0.29) is 11.5 Å². The van der Waals surface area contributed by atoms with Crippen molar-refractivity contribution < 1.29 is 28.7 Å². The third kappa shape index (κ3) is 16.4. The number of carboxylic acids is 1. The van der Waals surface area contributed by atoms with Crippen LogP contribution in [0.5, 0.6) is 0 Å². The first kappa shape index (κ1) is 31.2. The van der Waals surface area contributed by atoms with Crippen LogP contribution in [0.15, 0.2) is 54.3 Å². The Morgan fingerprint density at radius 1 is 0.828 bits per heavy atom. The minimum atomic E-state index is -1.67. The molecular weight excluding hydrogens is 711 g/mol. The van der Waals surface area contributed by atoms with Crippen molar-refractivity contribution in [1.29, 1.82) is 0 Å².